The van der Waals surface area contributed by atoms with E-state index in [0.29, 0.717) is 11.0 Å². The van der Waals surface area contributed by atoms with Crippen LogP contribution in [0.5, 0.6) is 0 Å². The highest BCUT2D eigenvalue weighted by Gasteiger charge is 2.44. The summed E-state index contributed by atoms with van der Waals surface area (Å²) < 4.78 is 7.23. The van der Waals surface area contributed by atoms with Gasteiger partial charge in [-0.15, -0.1) is 5.10 Å². The first kappa shape index (κ1) is 16.8. The number of hydrogen-bond acceptors (Lipinski definition) is 6. The maximum Gasteiger partial charge on any atom is 0.265 e. The van der Waals surface area contributed by atoms with E-state index in [9.17, 15) is 4.79 Å². The van der Waals surface area contributed by atoms with Gasteiger partial charge in [-0.3, -0.25) is 9.69 Å². The van der Waals surface area contributed by atoms with Crippen LogP contribution in [0.3, 0.4) is 0 Å². The van der Waals surface area contributed by atoms with Gasteiger partial charge in [-0.05, 0) is 29.7 Å². The van der Waals surface area contributed by atoms with Crippen molar-refractivity contribution in [3.63, 3.8) is 0 Å². The zero-order valence-corrected chi connectivity index (χ0v) is 15.9. The van der Waals surface area contributed by atoms with Gasteiger partial charge in [0, 0.05) is 19.5 Å². The number of furan rings is 1. The number of aryl methyl sites for hydroxylation is 1. The van der Waals surface area contributed by atoms with E-state index in [-0.39, 0.29) is 17.2 Å². The number of fused-ring (bicyclic) bond motifs is 2. The van der Waals surface area contributed by atoms with E-state index >= 15 is 0 Å². The number of thioether (sulfide) groups is 1. The third-order valence-corrected chi connectivity index (χ3v) is 6.49. The molecule has 27 heavy (non-hydrogen) atoms. The molecule has 138 valence electrons. The molecule has 2 aromatic heterocycles. The average molecular weight is 380 g/mol. The van der Waals surface area contributed by atoms with Crippen molar-refractivity contribution < 1.29 is 9.21 Å². The van der Waals surface area contributed by atoms with Gasteiger partial charge in [0.1, 0.15) is 11.0 Å². The Morgan fingerprint density at radius 2 is 2.11 bits per heavy atom. The van der Waals surface area contributed by atoms with Crippen LogP contribution in [0.25, 0.3) is 0 Å². The van der Waals surface area contributed by atoms with Gasteiger partial charge in [0.15, 0.2) is 11.0 Å². The van der Waals surface area contributed by atoms with Crippen molar-refractivity contribution in [1.82, 2.24) is 19.7 Å². The highest BCUT2D eigenvalue weighted by atomic mass is 32.2. The quantitative estimate of drug-likeness (QED) is 0.692. The maximum absolute atomic E-state index is 13.1. The summed E-state index contributed by atoms with van der Waals surface area (Å²) in [6.45, 7) is 3.69. The summed E-state index contributed by atoms with van der Waals surface area (Å²) in [5.41, 5.74) is 2.71. The van der Waals surface area contributed by atoms with Crippen molar-refractivity contribution in [1.29, 1.82) is 0 Å². The summed E-state index contributed by atoms with van der Waals surface area (Å²) >= 11 is 1.50. The fourth-order valence-corrected chi connectivity index (χ4v) is 5.18. The zero-order valence-electron chi connectivity index (χ0n) is 15.0. The van der Waals surface area contributed by atoms with Crippen LogP contribution in [-0.2, 0) is 19.4 Å². The summed E-state index contributed by atoms with van der Waals surface area (Å²) in [7, 11) is 0. The number of carbonyl (C=O) groups excluding carboxylic acids is 1. The predicted octanol–water partition coefficient (Wildman–Crippen LogP) is 3.35. The Bertz CT molecular complexity index is 982. The van der Waals surface area contributed by atoms with E-state index < -0.39 is 0 Å². The van der Waals surface area contributed by atoms with Crippen LogP contribution >= 0.6 is 11.8 Å². The highest BCUT2D eigenvalue weighted by Crippen LogP contribution is 2.42. The molecule has 0 N–H and O–H groups in total. The number of benzene rings is 1. The molecule has 4 heterocycles. The number of aromatic nitrogens is 3. The van der Waals surface area contributed by atoms with Crippen LogP contribution in [0.4, 0.5) is 0 Å². The molecule has 2 unspecified atom stereocenters. The molecule has 0 bridgehead atoms. The van der Waals surface area contributed by atoms with Gasteiger partial charge >= 0.3 is 0 Å². The minimum absolute atomic E-state index is 0.0116. The lowest BCUT2D eigenvalue weighted by Crippen LogP contribution is -2.41. The fourth-order valence-electron chi connectivity index (χ4n) is 3.93. The first-order valence-corrected chi connectivity index (χ1v) is 10.1. The van der Waals surface area contributed by atoms with Crippen molar-refractivity contribution in [2.45, 2.75) is 42.8 Å². The molecule has 0 radical (unpaired) electrons. The Labute approximate surface area is 161 Å². The molecule has 6 nitrogen and oxygen atoms in total. The largest absolute Gasteiger partial charge is 0.468 e. The van der Waals surface area contributed by atoms with Crippen LogP contribution in [0, 0.1) is 0 Å². The number of hydrogen-bond donors (Lipinski definition) is 0. The Morgan fingerprint density at radius 3 is 2.85 bits per heavy atom. The lowest BCUT2D eigenvalue weighted by atomic mass is 9.97. The predicted molar refractivity (Wildman–Crippen MR) is 102 cm³/mol. The molecule has 5 rings (SSSR count). The second-order valence-corrected chi connectivity index (χ2v) is 8.01. The molecule has 0 saturated heterocycles. The van der Waals surface area contributed by atoms with Crippen molar-refractivity contribution in [3.05, 3.63) is 65.4 Å². The zero-order chi connectivity index (χ0) is 18.4. The summed E-state index contributed by atoms with van der Waals surface area (Å²) in [6.07, 6.45) is 3.38. The van der Waals surface area contributed by atoms with E-state index in [1.165, 1.54) is 27.6 Å². The van der Waals surface area contributed by atoms with Gasteiger partial charge in [0.05, 0.1) is 12.3 Å². The van der Waals surface area contributed by atoms with Crippen molar-refractivity contribution in [2.75, 3.05) is 6.54 Å². The fraction of sp³-hybridized carbons (Fsp3) is 0.350. The lowest BCUT2D eigenvalue weighted by Gasteiger charge is -2.36. The third-order valence-electron chi connectivity index (χ3n) is 5.30. The molecule has 2 atom stereocenters. The summed E-state index contributed by atoms with van der Waals surface area (Å²) in [5, 5.41) is 4.76. The summed E-state index contributed by atoms with van der Waals surface area (Å²) in [4.78, 5) is 20.0. The summed E-state index contributed by atoms with van der Waals surface area (Å²) in [6, 6.07) is 12.2. The SMILES string of the molecule is CCc1nc2n(n1)C(=O)C(C(c1ccco1)N1CCc3ccccc3C1)S2. The van der Waals surface area contributed by atoms with Gasteiger partial charge in [0.2, 0.25) is 0 Å². The van der Waals surface area contributed by atoms with E-state index in [1.807, 2.05) is 19.1 Å². The molecular formula is C20H20N4O2S. The topological polar surface area (TPSA) is 64.2 Å². The first-order valence-electron chi connectivity index (χ1n) is 9.25. The minimum Gasteiger partial charge on any atom is -0.468 e. The molecule has 2 aliphatic heterocycles. The average Bonchev–Trinajstić information content (AvgIpc) is 3.42. The van der Waals surface area contributed by atoms with Gasteiger partial charge < -0.3 is 4.42 Å². The van der Waals surface area contributed by atoms with Crippen molar-refractivity contribution in [2.24, 2.45) is 0 Å². The molecule has 1 aromatic carbocycles. The summed E-state index contributed by atoms with van der Waals surface area (Å²) in [5.74, 6) is 1.52. The van der Waals surface area contributed by atoms with Crippen LogP contribution < -0.4 is 0 Å². The number of nitrogens with zero attached hydrogens (tertiary/aromatic N) is 4. The molecule has 0 fully saturated rings. The van der Waals surface area contributed by atoms with Crippen molar-refractivity contribution >= 4 is 17.7 Å². The van der Waals surface area contributed by atoms with Gasteiger partial charge in [-0.2, -0.15) is 4.68 Å². The van der Waals surface area contributed by atoms with Gasteiger partial charge in [0.25, 0.3) is 5.91 Å². The highest BCUT2D eigenvalue weighted by molar-refractivity contribution is 8.00. The van der Waals surface area contributed by atoms with E-state index in [2.05, 4.69) is 39.2 Å². The second kappa shape index (κ2) is 6.65. The second-order valence-electron chi connectivity index (χ2n) is 6.90. The Kier molecular flexibility index (Phi) is 4.13. The maximum atomic E-state index is 13.1. The molecule has 0 spiro atoms. The molecule has 0 amide bonds. The normalized spacial score (nSPS) is 20.5. The molecule has 7 heteroatoms. The van der Waals surface area contributed by atoms with E-state index in [0.717, 1.165) is 31.7 Å². The Hall–Kier alpha value is -2.38. The van der Waals surface area contributed by atoms with Crippen LogP contribution in [0.2, 0.25) is 0 Å². The van der Waals surface area contributed by atoms with Gasteiger partial charge in [-0.1, -0.05) is 43.0 Å². The molecule has 2 aliphatic rings. The third kappa shape index (κ3) is 2.82. The van der Waals surface area contributed by atoms with E-state index in [1.54, 1.807) is 6.26 Å². The van der Waals surface area contributed by atoms with Crippen LogP contribution in [-0.4, -0.2) is 37.4 Å². The lowest BCUT2D eigenvalue weighted by molar-refractivity contribution is 0.0805. The van der Waals surface area contributed by atoms with Crippen molar-refractivity contribution in [3.8, 4) is 0 Å². The van der Waals surface area contributed by atoms with Crippen LogP contribution in [0.15, 0.2) is 52.2 Å². The van der Waals surface area contributed by atoms with E-state index in [4.69, 9.17) is 4.42 Å². The standard InChI is InChI=1S/C20H20N4O2S/c1-2-16-21-20-24(22-16)19(25)18(27-20)17(15-8-5-11-26-15)23-10-9-13-6-3-4-7-14(13)12-23/h3-8,11,17-18H,2,9-10,12H2,1H3. The monoisotopic (exact) mass is 380 g/mol. The number of carbonyl (C=O) groups is 1. The number of rotatable bonds is 4. The first-order chi connectivity index (χ1) is 13.2. The van der Waals surface area contributed by atoms with Gasteiger partial charge in [-0.25, -0.2) is 4.98 Å². The van der Waals surface area contributed by atoms with Crippen LogP contribution in [0.1, 0.15) is 40.5 Å². The smallest absolute Gasteiger partial charge is 0.265 e. The minimum atomic E-state index is -0.303. The Morgan fingerprint density at radius 1 is 1.26 bits per heavy atom. The molecule has 3 aromatic rings. The molecular weight excluding hydrogens is 360 g/mol. The Balaban J connectivity index is 1.48. The molecule has 0 aliphatic carbocycles. The molecule has 0 saturated carbocycles.